The lowest BCUT2D eigenvalue weighted by Gasteiger charge is -2.19. The second-order valence-corrected chi connectivity index (χ2v) is 8.08. The largest absolute Gasteiger partial charge is 0.478 e. The average molecular weight is 494 g/mol. The molecule has 0 aliphatic rings. The third-order valence-electron chi connectivity index (χ3n) is 5.27. The zero-order valence-corrected chi connectivity index (χ0v) is 19.1. The van der Waals surface area contributed by atoms with Crippen LogP contribution in [-0.4, -0.2) is 23.9 Å². The Bertz CT molecular complexity index is 1410. The van der Waals surface area contributed by atoms with Gasteiger partial charge in [-0.05, 0) is 78.9 Å². The Balaban J connectivity index is 1.61. The Labute approximate surface area is 204 Å². The van der Waals surface area contributed by atoms with E-state index in [0.29, 0.717) is 10.6 Å². The molecule has 0 bridgehead atoms. The minimum Gasteiger partial charge on any atom is -0.478 e. The monoisotopic (exact) mass is 493 g/mol. The van der Waals surface area contributed by atoms with Gasteiger partial charge in [0.15, 0.2) is 17.4 Å². The van der Waals surface area contributed by atoms with Gasteiger partial charge in [-0.2, -0.15) is 0 Å². The van der Waals surface area contributed by atoms with E-state index in [4.69, 9.17) is 16.3 Å². The molecule has 0 atom stereocenters. The molecule has 4 aromatic carbocycles. The summed E-state index contributed by atoms with van der Waals surface area (Å²) in [5.41, 5.74) is 1.94. The Hall–Kier alpha value is -4.23. The fourth-order valence-electron chi connectivity index (χ4n) is 3.41. The zero-order valence-electron chi connectivity index (χ0n) is 18.3. The summed E-state index contributed by atoms with van der Waals surface area (Å²) in [4.78, 5) is 26.6. The highest BCUT2D eigenvalue weighted by Gasteiger charge is 2.16. The highest BCUT2D eigenvalue weighted by molar-refractivity contribution is 6.30. The SMILES string of the molecule is CN(c1ccc(Cl)cc1)c1ccc(C(=O)c2cc(Oc3ccc(F)c(F)c3)cc(C(=O)O)c2)cc1. The molecule has 8 heteroatoms. The number of rotatable bonds is 7. The van der Waals surface area contributed by atoms with Gasteiger partial charge in [0, 0.05) is 40.6 Å². The fourth-order valence-corrected chi connectivity index (χ4v) is 3.53. The normalized spacial score (nSPS) is 10.6. The molecule has 0 aliphatic heterocycles. The van der Waals surface area contributed by atoms with Crippen molar-refractivity contribution in [3.05, 3.63) is 118 Å². The number of hydrogen-bond acceptors (Lipinski definition) is 4. The van der Waals surface area contributed by atoms with Gasteiger partial charge in [-0.15, -0.1) is 0 Å². The van der Waals surface area contributed by atoms with Gasteiger partial charge in [0.25, 0.3) is 0 Å². The van der Waals surface area contributed by atoms with Crippen molar-refractivity contribution in [3.63, 3.8) is 0 Å². The summed E-state index contributed by atoms with van der Waals surface area (Å²) in [6, 6.07) is 20.8. The number of ketones is 1. The summed E-state index contributed by atoms with van der Waals surface area (Å²) in [7, 11) is 1.87. The lowest BCUT2D eigenvalue weighted by molar-refractivity contribution is 0.0696. The zero-order chi connectivity index (χ0) is 25.1. The van der Waals surface area contributed by atoms with Crippen LogP contribution in [0, 0.1) is 11.6 Å². The standard InChI is InChI=1S/C27H18ClF2NO4/c1-31(21-8-4-19(28)5-9-21)20-6-2-16(3-7-20)26(32)17-12-18(27(33)34)14-23(13-17)35-22-10-11-24(29)25(30)15-22/h2-15H,1H3,(H,33,34). The summed E-state index contributed by atoms with van der Waals surface area (Å²) in [6.45, 7) is 0. The third kappa shape index (κ3) is 5.47. The Morgan fingerprint density at radius 2 is 1.34 bits per heavy atom. The fraction of sp³-hybridized carbons (Fsp3) is 0.0370. The summed E-state index contributed by atoms with van der Waals surface area (Å²) in [5, 5.41) is 10.1. The Kier molecular flexibility index (Phi) is 6.80. The van der Waals surface area contributed by atoms with Crippen molar-refractivity contribution < 1.29 is 28.2 Å². The number of benzene rings is 4. The molecule has 0 aliphatic carbocycles. The van der Waals surface area contributed by atoms with Gasteiger partial charge in [0.2, 0.25) is 0 Å². The summed E-state index contributed by atoms with van der Waals surface area (Å²) < 4.78 is 32.2. The lowest BCUT2D eigenvalue weighted by atomic mass is 10.0. The lowest BCUT2D eigenvalue weighted by Crippen LogP contribution is -2.10. The van der Waals surface area contributed by atoms with Crippen LogP contribution in [0.25, 0.3) is 0 Å². The number of anilines is 2. The van der Waals surface area contributed by atoms with Crippen molar-refractivity contribution in [3.8, 4) is 11.5 Å². The van der Waals surface area contributed by atoms with Crippen molar-refractivity contribution in [2.24, 2.45) is 0 Å². The maximum atomic E-state index is 13.5. The van der Waals surface area contributed by atoms with Crippen LogP contribution in [0.5, 0.6) is 11.5 Å². The molecular weight excluding hydrogens is 476 g/mol. The summed E-state index contributed by atoms with van der Waals surface area (Å²) >= 11 is 5.94. The molecule has 1 N–H and O–H groups in total. The first-order chi connectivity index (χ1) is 16.7. The van der Waals surface area contributed by atoms with Crippen molar-refractivity contribution in [2.45, 2.75) is 0 Å². The minimum atomic E-state index is -1.27. The molecule has 0 unspecified atom stereocenters. The molecule has 35 heavy (non-hydrogen) atoms. The topological polar surface area (TPSA) is 66.8 Å². The van der Waals surface area contributed by atoms with E-state index in [1.165, 1.54) is 24.3 Å². The van der Waals surface area contributed by atoms with E-state index >= 15 is 0 Å². The third-order valence-corrected chi connectivity index (χ3v) is 5.53. The van der Waals surface area contributed by atoms with Crippen molar-refractivity contribution in [1.82, 2.24) is 0 Å². The number of aromatic carboxylic acids is 1. The van der Waals surface area contributed by atoms with E-state index in [1.54, 1.807) is 36.4 Å². The van der Waals surface area contributed by atoms with Crippen LogP contribution in [0.3, 0.4) is 0 Å². The van der Waals surface area contributed by atoms with Crippen LogP contribution in [0.2, 0.25) is 5.02 Å². The number of halogens is 3. The molecule has 0 heterocycles. The smallest absolute Gasteiger partial charge is 0.335 e. The number of ether oxygens (including phenoxy) is 1. The molecule has 5 nitrogen and oxygen atoms in total. The van der Waals surface area contributed by atoms with Gasteiger partial charge in [0.05, 0.1) is 5.56 Å². The first kappa shape index (κ1) is 23.9. The number of carbonyl (C=O) groups excluding carboxylic acids is 1. The number of carboxylic acid groups (broad SMARTS) is 1. The van der Waals surface area contributed by atoms with E-state index in [1.807, 2.05) is 24.1 Å². The minimum absolute atomic E-state index is 0.00153. The van der Waals surface area contributed by atoms with Crippen molar-refractivity contribution in [2.75, 3.05) is 11.9 Å². The molecule has 0 radical (unpaired) electrons. The maximum Gasteiger partial charge on any atom is 0.335 e. The maximum absolute atomic E-state index is 13.5. The van der Waals surface area contributed by atoms with E-state index in [-0.39, 0.29) is 22.6 Å². The van der Waals surface area contributed by atoms with Gasteiger partial charge in [-0.3, -0.25) is 4.79 Å². The first-order valence-corrected chi connectivity index (χ1v) is 10.7. The van der Waals surface area contributed by atoms with Gasteiger partial charge in [0.1, 0.15) is 11.5 Å². The first-order valence-electron chi connectivity index (χ1n) is 10.4. The second-order valence-electron chi connectivity index (χ2n) is 7.64. The number of nitrogens with zero attached hydrogens (tertiary/aromatic N) is 1. The summed E-state index contributed by atoms with van der Waals surface area (Å²) in [5.74, 6) is -3.90. The van der Waals surface area contributed by atoms with E-state index < -0.39 is 23.4 Å². The highest BCUT2D eigenvalue weighted by atomic mass is 35.5. The Morgan fingerprint density at radius 3 is 1.94 bits per heavy atom. The molecule has 0 saturated heterocycles. The van der Waals surface area contributed by atoms with Crippen LogP contribution in [0.4, 0.5) is 20.2 Å². The van der Waals surface area contributed by atoms with Crippen LogP contribution < -0.4 is 9.64 Å². The molecule has 0 saturated carbocycles. The van der Waals surface area contributed by atoms with Gasteiger partial charge in [-0.25, -0.2) is 13.6 Å². The van der Waals surface area contributed by atoms with Crippen LogP contribution in [-0.2, 0) is 0 Å². The number of carboxylic acids is 1. The van der Waals surface area contributed by atoms with Gasteiger partial charge in [-0.1, -0.05) is 11.6 Å². The van der Waals surface area contributed by atoms with Crippen LogP contribution in [0.15, 0.2) is 84.9 Å². The molecule has 0 aromatic heterocycles. The van der Waals surface area contributed by atoms with Gasteiger partial charge >= 0.3 is 5.97 Å². The van der Waals surface area contributed by atoms with E-state index in [9.17, 15) is 23.5 Å². The molecule has 4 aromatic rings. The Morgan fingerprint density at radius 1 is 0.743 bits per heavy atom. The van der Waals surface area contributed by atoms with Crippen molar-refractivity contribution >= 4 is 34.7 Å². The number of carbonyl (C=O) groups is 2. The number of hydrogen-bond donors (Lipinski definition) is 1. The van der Waals surface area contributed by atoms with E-state index in [2.05, 4.69) is 0 Å². The van der Waals surface area contributed by atoms with Crippen LogP contribution in [0.1, 0.15) is 26.3 Å². The highest BCUT2D eigenvalue weighted by Crippen LogP contribution is 2.28. The predicted molar refractivity (Wildman–Crippen MR) is 129 cm³/mol. The molecule has 176 valence electrons. The van der Waals surface area contributed by atoms with Crippen molar-refractivity contribution in [1.29, 1.82) is 0 Å². The van der Waals surface area contributed by atoms with Crippen LogP contribution >= 0.6 is 11.6 Å². The average Bonchev–Trinajstić information content (AvgIpc) is 2.86. The van der Waals surface area contributed by atoms with Gasteiger partial charge < -0.3 is 14.7 Å². The molecule has 4 rings (SSSR count). The quantitative estimate of drug-likeness (QED) is 0.278. The predicted octanol–water partition coefficient (Wildman–Crippen LogP) is 7.11. The summed E-state index contributed by atoms with van der Waals surface area (Å²) in [6.07, 6.45) is 0. The molecule has 0 amide bonds. The molecule has 0 fully saturated rings. The molecule has 0 spiro atoms. The second kappa shape index (κ2) is 9.95. The molecular formula is C27H18ClF2NO4. The van der Waals surface area contributed by atoms with E-state index in [0.717, 1.165) is 23.5 Å².